The number of carbonyl (C=O) groups excluding carboxylic acids is 4. The fourth-order valence-electron chi connectivity index (χ4n) is 4.65. The normalized spacial score (nSPS) is 16.6. The lowest BCUT2D eigenvalue weighted by molar-refractivity contribution is -0.148. The number of rotatable bonds is 19. The molecule has 3 atom stereocenters. The van der Waals surface area contributed by atoms with Crippen molar-refractivity contribution in [2.75, 3.05) is 65.1 Å². The first-order valence-corrected chi connectivity index (χ1v) is 15.6. The number of likely N-dealkylation sites (N-methyl/N-ethyl adjacent to an activating group) is 2. The monoisotopic (exact) mass is 588 g/mol. The lowest BCUT2D eigenvalue weighted by Crippen LogP contribution is -2.56. The highest BCUT2D eigenvalue weighted by atomic mass is 32.2. The number of hydrogen-bond donors (Lipinski definition) is 2. The van der Waals surface area contributed by atoms with Crippen LogP contribution in [0.4, 0.5) is 0 Å². The largest absolute Gasteiger partial charge is 0.466 e. The van der Waals surface area contributed by atoms with Crippen LogP contribution in [0.25, 0.3) is 0 Å². The van der Waals surface area contributed by atoms with Crippen molar-refractivity contribution in [1.29, 1.82) is 0 Å². The molecule has 1 rings (SSSR count). The summed E-state index contributed by atoms with van der Waals surface area (Å²) in [7, 11) is 3.07. The van der Waals surface area contributed by atoms with E-state index in [0.717, 1.165) is 39.3 Å². The average molecular weight is 589 g/mol. The maximum absolute atomic E-state index is 13.6. The van der Waals surface area contributed by atoms with Crippen molar-refractivity contribution in [2.24, 2.45) is 11.7 Å². The fraction of sp³-hybridized carbons (Fsp3) is 0.857. The molecule has 12 heteroatoms. The molecule has 1 heterocycles. The van der Waals surface area contributed by atoms with Crippen LogP contribution in [0.3, 0.4) is 0 Å². The summed E-state index contributed by atoms with van der Waals surface area (Å²) in [6.07, 6.45) is 3.10. The number of ether oxygens (including phenoxy) is 2. The van der Waals surface area contributed by atoms with Gasteiger partial charge in [-0.25, -0.2) is 0 Å². The highest BCUT2D eigenvalue weighted by molar-refractivity contribution is 7.99. The van der Waals surface area contributed by atoms with Gasteiger partial charge in [0.25, 0.3) is 0 Å². The Kier molecular flexibility index (Phi) is 16.7. The molecule has 1 aliphatic heterocycles. The summed E-state index contributed by atoms with van der Waals surface area (Å²) in [6, 6.07) is -1.84. The van der Waals surface area contributed by atoms with Gasteiger partial charge in [0.15, 0.2) is 0 Å². The molecule has 3 amide bonds. The molecule has 0 aromatic carbocycles. The lowest BCUT2D eigenvalue weighted by Gasteiger charge is -2.35. The van der Waals surface area contributed by atoms with Crippen LogP contribution in [0.2, 0.25) is 0 Å². The van der Waals surface area contributed by atoms with Crippen LogP contribution in [-0.2, 0) is 28.7 Å². The van der Waals surface area contributed by atoms with E-state index in [1.165, 1.54) is 28.6 Å². The standard InChI is InChI=1S/C28H52N4O7S/c1-7-10-24(33)30(5)23(26(35)31(6)22(25(29)34)19-28(3,4)37)20-40-18-12-21(27(36)39-8-2)11-9-13-32-14-16-38-17-15-32/h21-23,37H,7-20H2,1-6H3,(H2,29,34)/t21-,22+,23-/m1/s1. The molecule has 3 N–H and O–H groups in total. The quantitative estimate of drug-likeness (QED) is 0.170. The Labute approximate surface area is 244 Å². The van der Waals surface area contributed by atoms with E-state index in [2.05, 4.69) is 4.90 Å². The molecule has 0 saturated carbocycles. The number of morpholine rings is 1. The smallest absolute Gasteiger partial charge is 0.308 e. The molecular weight excluding hydrogens is 536 g/mol. The molecule has 1 saturated heterocycles. The van der Waals surface area contributed by atoms with Gasteiger partial charge in [-0.05, 0) is 58.8 Å². The lowest BCUT2D eigenvalue weighted by atomic mass is 9.97. The minimum absolute atomic E-state index is 0.0251. The predicted octanol–water partition coefficient (Wildman–Crippen LogP) is 1.50. The van der Waals surface area contributed by atoms with Gasteiger partial charge in [0.1, 0.15) is 12.1 Å². The molecule has 0 bridgehead atoms. The number of aliphatic hydroxyl groups is 1. The second kappa shape index (κ2) is 18.5. The van der Waals surface area contributed by atoms with Gasteiger partial charge in [-0.3, -0.25) is 24.1 Å². The van der Waals surface area contributed by atoms with Gasteiger partial charge < -0.3 is 30.1 Å². The molecule has 0 spiro atoms. The van der Waals surface area contributed by atoms with Crippen molar-refractivity contribution < 1.29 is 33.8 Å². The maximum atomic E-state index is 13.6. The van der Waals surface area contributed by atoms with Gasteiger partial charge in [0.05, 0.1) is 31.3 Å². The van der Waals surface area contributed by atoms with E-state index < -0.39 is 29.5 Å². The van der Waals surface area contributed by atoms with Crippen LogP contribution >= 0.6 is 11.8 Å². The predicted molar refractivity (Wildman–Crippen MR) is 157 cm³/mol. The number of hydrogen-bond acceptors (Lipinski definition) is 9. The molecule has 1 fully saturated rings. The number of amides is 3. The zero-order chi connectivity index (χ0) is 30.3. The van der Waals surface area contributed by atoms with Gasteiger partial charge in [-0.2, -0.15) is 11.8 Å². The minimum Gasteiger partial charge on any atom is -0.466 e. The first-order valence-electron chi connectivity index (χ1n) is 14.4. The topological polar surface area (TPSA) is 143 Å². The van der Waals surface area contributed by atoms with Crippen molar-refractivity contribution >= 4 is 35.5 Å². The molecule has 11 nitrogen and oxygen atoms in total. The molecule has 0 radical (unpaired) electrons. The zero-order valence-corrected chi connectivity index (χ0v) is 26.2. The van der Waals surface area contributed by atoms with Gasteiger partial charge in [0.2, 0.25) is 17.7 Å². The van der Waals surface area contributed by atoms with Gasteiger partial charge in [0, 0.05) is 45.8 Å². The summed E-state index contributed by atoms with van der Waals surface area (Å²) in [5.41, 5.74) is 4.36. The highest BCUT2D eigenvalue weighted by Gasteiger charge is 2.36. The molecule has 1 aliphatic rings. The zero-order valence-electron chi connectivity index (χ0n) is 25.4. The minimum atomic E-state index is -1.22. The summed E-state index contributed by atoms with van der Waals surface area (Å²) in [5, 5.41) is 10.3. The van der Waals surface area contributed by atoms with Crippen molar-refractivity contribution in [3.05, 3.63) is 0 Å². The summed E-state index contributed by atoms with van der Waals surface area (Å²) in [4.78, 5) is 56.1. The Morgan fingerprint density at radius 1 is 1.07 bits per heavy atom. The average Bonchev–Trinajstić information content (AvgIpc) is 2.89. The second-order valence-electron chi connectivity index (χ2n) is 11.1. The van der Waals surface area contributed by atoms with Gasteiger partial charge >= 0.3 is 5.97 Å². The van der Waals surface area contributed by atoms with Gasteiger partial charge in [-0.15, -0.1) is 0 Å². The van der Waals surface area contributed by atoms with Crippen molar-refractivity contribution in [3.8, 4) is 0 Å². The summed E-state index contributed by atoms with van der Waals surface area (Å²) in [6.45, 7) is 11.3. The second-order valence-corrected chi connectivity index (χ2v) is 12.2. The Balaban J connectivity index is 2.86. The van der Waals surface area contributed by atoms with Crippen molar-refractivity contribution in [1.82, 2.24) is 14.7 Å². The van der Waals surface area contributed by atoms with Crippen molar-refractivity contribution in [3.63, 3.8) is 0 Å². The van der Waals surface area contributed by atoms with E-state index in [4.69, 9.17) is 15.2 Å². The number of thioether (sulfide) groups is 1. The third kappa shape index (κ3) is 13.2. The van der Waals surface area contributed by atoms with E-state index in [-0.39, 0.29) is 24.2 Å². The molecule has 0 unspecified atom stereocenters. The third-order valence-corrected chi connectivity index (χ3v) is 8.16. The third-order valence-electron chi connectivity index (χ3n) is 7.08. The number of esters is 1. The Morgan fingerprint density at radius 3 is 2.27 bits per heavy atom. The summed E-state index contributed by atoms with van der Waals surface area (Å²) < 4.78 is 10.7. The van der Waals surface area contributed by atoms with E-state index in [1.54, 1.807) is 27.8 Å². The number of nitrogens with zero attached hydrogens (tertiary/aromatic N) is 3. The van der Waals surface area contributed by atoms with Crippen LogP contribution in [0.1, 0.15) is 66.2 Å². The highest BCUT2D eigenvalue weighted by Crippen LogP contribution is 2.22. The van der Waals surface area contributed by atoms with E-state index in [9.17, 15) is 24.3 Å². The number of nitrogens with two attached hydrogens (primary N) is 1. The Morgan fingerprint density at radius 2 is 1.73 bits per heavy atom. The van der Waals surface area contributed by atoms with Crippen molar-refractivity contribution in [2.45, 2.75) is 83.9 Å². The first-order chi connectivity index (χ1) is 18.8. The first kappa shape index (κ1) is 36.1. The molecular formula is C28H52N4O7S. The van der Waals surface area contributed by atoms with Crippen LogP contribution in [0.5, 0.6) is 0 Å². The Bertz CT molecular complexity index is 802. The molecule has 0 aromatic heterocycles. The van der Waals surface area contributed by atoms with Gasteiger partial charge in [-0.1, -0.05) is 6.92 Å². The molecule has 0 aliphatic carbocycles. The summed E-state index contributed by atoms with van der Waals surface area (Å²) in [5.74, 6) is -0.846. The molecule has 232 valence electrons. The van der Waals surface area contributed by atoms with Crippen LogP contribution in [-0.4, -0.2) is 126 Å². The maximum Gasteiger partial charge on any atom is 0.308 e. The Hall–Kier alpha value is -1.89. The fourth-order valence-corrected chi connectivity index (χ4v) is 5.86. The molecule has 40 heavy (non-hydrogen) atoms. The van der Waals surface area contributed by atoms with E-state index >= 15 is 0 Å². The molecule has 0 aromatic rings. The van der Waals surface area contributed by atoms with E-state index in [1.807, 2.05) is 6.92 Å². The van der Waals surface area contributed by atoms with Crippen LogP contribution in [0.15, 0.2) is 0 Å². The van der Waals surface area contributed by atoms with Crippen LogP contribution < -0.4 is 5.73 Å². The van der Waals surface area contributed by atoms with Crippen LogP contribution in [0, 0.1) is 5.92 Å². The summed E-state index contributed by atoms with van der Waals surface area (Å²) >= 11 is 1.49. The number of carbonyl (C=O) groups is 4. The SMILES string of the molecule is CCCC(=O)N(C)[C@H](CSCC[C@@H](CCCN1CCOCC1)C(=O)OCC)C(=O)N(C)[C@@H](CC(C)(C)O)C(N)=O. The van der Waals surface area contributed by atoms with E-state index in [0.29, 0.717) is 43.8 Å². The number of primary amides is 1.